The van der Waals surface area contributed by atoms with Crippen molar-refractivity contribution in [1.29, 1.82) is 0 Å². The lowest BCUT2D eigenvalue weighted by Crippen LogP contribution is -2.11. The molecule has 1 aromatic carbocycles. The van der Waals surface area contributed by atoms with Crippen LogP contribution < -0.4 is 10.1 Å². The highest BCUT2D eigenvalue weighted by Crippen LogP contribution is 2.32. The van der Waals surface area contributed by atoms with Crippen LogP contribution in [0.25, 0.3) is 11.1 Å². The fourth-order valence-electron chi connectivity index (χ4n) is 2.81. The van der Waals surface area contributed by atoms with Crippen LogP contribution in [-0.2, 0) is 7.05 Å². The zero-order chi connectivity index (χ0) is 13.2. The average molecular weight is 257 g/mol. The first kappa shape index (κ1) is 12.2. The molecule has 100 valence electrons. The second-order valence-corrected chi connectivity index (χ2v) is 4.99. The van der Waals surface area contributed by atoms with Crippen LogP contribution in [-0.4, -0.2) is 30.0 Å². The molecule has 4 nitrogen and oxygen atoms in total. The number of benzene rings is 1. The molecule has 1 unspecified atom stereocenters. The lowest BCUT2D eigenvalue weighted by molar-refractivity contribution is 0.415. The van der Waals surface area contributed by atoms with Gasteiger partial charge in [-0.3, -0.25) is 4.68 Å². The van der Waals surface area contributed by atoms with Crippen molar-refractivity contribution in [1.82, 2.24) is 15.1 Å². The quantitative estimate of drug-likeness (QED) is 0.916. The molecule has 19 heavy (non-hydrogen) atoms. The molecule has 1 aliphatic heterocycles. The van der Waals surface area contributed by atoms with Crippen LogP contribution in [0.5, 0.6) is 5.75 Å². The third-order valence-electron chi connectivity index (χ3n) is 3.83. The first-order valence-electron chi connectivity index (χ1n) is 6.66. The first-order valence-corrected chi connectivity index (χ1v) is 6.66. The van der Waals surface area contributed by atoms with Crippen molar-refractivity contribution in [3.05, 3.63) is 36.2 Å². The van der Waals surface area contributed by atoms with Crippen molar-refractivity contribution < 1.29 is 4.74 Å². The van der Waals surface area contributed by atoms with E-state index >= 15 is 0 Å². The maximum Gasteiger partial charge on any atom is 0.118 e. The monoisotopic (exact) mass is 257 g/mol. The van der Waals surface area contributed by atoms with Crippen LogP contribution in [0.1, 0.15) is 18.0 Å². The van der Waals surface area contributed by atoms with Crippen LogP contribution in [0.3, 0.4) is 0 Å². The Morgan fingerprint density at radius 3 is 2.74 bits per heavy atom. The third-order valence-corrected chi connectivity index (χ3v) is 3.83. The second kappa shape index (κ2) is 5.05. The molecule has 2 heterocycles. The molecule has 0 saturated carbocycles. The van der Waals surface area contributed by atoms with Gasteiger partial charge < -0.3 is 10.1 Å². The number of aryl methyl sites for hydroxylation is 1. The summed E-state index contributed by atoms with van der Waals surface area (Å²) in [5.41, 5.74) is 3.77. The van der Waals surface area contributed by atoms with Gasteiger partial charge in [0.25, 0.3) is 0 Å². The molecule has 1 fully saturated rings. The van der Waals surface area contributed by atoms with Crippen LogP contribution >= 0.6 is 0 Å². The Labute approximate surface area is 113 Å². The molecule has 1 atom stereocenters. The van der Waals surface area contributed by atoms with Gasteiger partial charge in [0.2, 0.25) is 0 Å². The largest absolute Gasteiger partial charge is 0.497 e. The highest BCUT2D eigenvalue weighted by Gasteiger charge is 2.23. The molecule has 1 N–H and O–H groups in total. The molecule has 1 aliphatic rings. The lowest BCUT2D eigenvalue weighted by Gasteiger charge is -2.12. The number of rotatable bonds is 3. The van der Waals surface area contributed by atoms with E-state index in [2.05, 4.69) is 22.5 Å². The van der Waals surface area contributed by atoms with Crippen molar-refractivity contribution in [3.8, 4) is 16.9 Å². The number of nitrogens with one attached hydrogen (secondary N) is 1. The molecular weight excluding hydrogens is 238 g/mol. The number of nitrogens with zero attached hydrogens (tertiary/aromatic N) is 2. The highest BCUT2D eigenvalue weighted by molar-refractivity contribution is 5.67. The van der Waals surface area contributed by atoms with Gasteiger partial charge in [-0.05, 0) is 30.7 Å². The second-order valence-electron chi connectivity index (χ2n) is 4.99. The summed E-state index contributed by atoms with van der Waals surface area (Å²) >= 11 is 0. The Morgan fingerprint density at radius 2 is 2.11 bits per heavy atom. The topological polar surface area (TPSA) is 39.1 Å². The zero-order valence-electron chi connectivity index (χ0n) is 11.4. The Morgan fingerprint density at radius 1 is 1.32 bits per heavy atom. The van der Waals surface area contributed by atoms with E-state index in [0.29, 0.717) is 5.92 Å². The maximum absolute atomic E-state index is 5.21. The van der Waals surface area contributed by atoms with Gasteiger partial charge in [-0.15, -0.1) is 0 Å². The summed E-state index contributed by atoms with van der Waals surface area (Å²) in [6.45, 7) is 2.14. The third kappa shape index (κ3) is 2.24. The maximum atomic E-state index is 5.21. The summed E-state index contributed by atoms with van der Waals surface area (Å²) in [6.07, 6.45) is 3.15. The SMILES string of the molecule is COc1ccc(-c2cnn(C)c2C2CCNC2)cc1. The minimum absolute atomic E-state index is 0.560. The summed E-state index contributed by atoms with van der Waals surface area (Å²) in [7, 11) is 3.72. The molecular formula is C15H19N3O. The van der Waals surface area contributed by atoms with Gasteiger partial charge in [0.1, 0.15) is 5.75 Å². The predicted octanol–water partition coefficient (Wildman–Crippen LogP) is 2.17. The van der Waals surface area contributed by atoms with E-state index in [0.717, 1.165) is 18.8 Å². The molecule has 1 saturated heterocycles. The first-order chi connectivity index (χ1) is 9.29. The molecule has 1 aromatic heterocycles. The van der Waals surface area contributed by atoms with Crippen molar-refractivity contribution in [2.24, 2.45) is 7.05 Å². The summed E-state index contributed by atoms with van der Waals surface area (Å²) in [5, 5.41) is 7.86. The van der Waals surface area contributed by atoms with Gasteiger partial charge in [-0.2, -0.15) is 5.10 Å². The minimum Gasteiger partial charge on any atom is -0.497 e. The predicted molar refractivity (Wildman–Crippen MR) is 75.4 cm³/mol. The normalized spacial score (nSPS) is 18.7. The van der Waals surface area contributed by atoms with E-state index in [4.69, 9.17) is 4.74 Å². The number of ether oxygens (including phenoxy) is 1. The standard InChI is InChI=1S/C15H19N3O/c1-18-15(12-7-8-16-9-12)14(10-17-18)11-3-5-13(19-2)6-4-11/h3-6,10,12,16H,7-9H2,1-2H3. The summed E-state index contributed by atoms with van der Waals surface area (Å²) in [6, 6.07) is 8.20. The van der Waals surface area contributed by atoms with Crippen LogP contribution in [0.2, 0.25) is 0 Å². The van der Waals surface area contributed by atoms with E-state index in [1.165, 1.54) is 23.2 Å². The molecule has 2 aromatic rings. The van der Waals surface area contributed by atoms with Gasteiger partial charge in [-0.1, -0.05) is 12.1 Å². The number of methoxy groups -OCH3 is 1. The molecule has 0 bridgehead atoms. The Balaban J connectivity index is 1.99. The summed E-state index contributed by atoms with van der Waals surface area (Å²) < 4.78 is 7.22. The van der Waals surface area contributed by atoms with E-state index in [1.54, 1.807) is 7.11 Å². The fourth-order valence-corrected chi connectivity index (χ4v) is 2.81. The molecule has 0 radical (unpaired) electrons. The minimum atomic E-state index is 0.560. The Hall–Kier alpha value is -1.81. The molecule has 3 rings (SSSR count). The Kier molecular flexibility index (Phi) is 3.25. The van der Waals surface area contributed by atoms with Gasteiger partial charge in [0.15, 0.2) is 0 Å². The van der Waals surface area contributed by atoms with E-state index in [-0.39, 0.29) is 0 Å². The average Bonchev–Trinajstić information content (AvgIpc) is 3.08. The zero-order valence-corrected chi connectivity index (χ0v) is 11.4. The summed E-state index contributed by atoms with van der Waals surface area (Å²) in [5.74, 6) is 1.45. The number of aromatic nitrogens is 2. The van der Waals surface area contributed by atoms with E-state index < -0.39 is 0 Å². The van der Waals surface area contributed by atoms with Gasteiger partial charge in [0.05, 0.1) is 19.0 Å². The van der Waals surface area contributed by atoms with Gasteiger partial charge in [-0.25, -0.2) is 0 Å². The summed E-state index contributed by atoms with van der Waals surface area (Å²) in [4.78, 5) is 0. The highest BCUT2D eigenvalue weighted by atomic mass is 16.5. The van der Waals surface area contributed by atoms with Crippen molar-refractivity contribution in [2.45, 2.75) is 12.3 Å². The smallest absolute Gasteiger partial charge is 0.118 e. The molecule has 0 spiro atoms. The fraction of sp³-hybridized carbons (Fsp3) is 0.400. The van der Waals surface area contributed by atoms with Crippen molar-refractivity contribution in [2.75, 3.05) is 20.2 Å². The molecule has 0 amide bonds. The van der Waals surface area contributed by atoms with E-state index in [9.17, 15) is 0 Å². The van der Waals surface area contributed by atoms with Crippen LogP contribution in [0.15, 0.2) is 30.5 Å². The number of hydrogen-bond donors (Lipinski definition) is 1. The van der Waals surface area contributed by atoms with Gasteiger partial charge in [0, 0.05) is 25.1 Å². The van der Waals surface area contributed by atoms with Crippen molar-refractivity contribution >= 4 is 0 Å². The van der Waals surface area contributed by atoms with E-state index in [1.807, 2.05) is 30.1 Å². The Bertz CT molecular complexity index is 553. The number of hydrogen-bond acceptors (Lipinski definition) is 3. The van der Waals surface area contributed by atoms with Crippen molar-refractivity contribution in [3.63, 3.8) is 0 Å². The lowest BCUT2D eigenvalue weighted by atomic mass is 9.96. The molecule has 0 aliphatic carbocycles. The molecule has 4 heteroatoms. The van der Waals surface area contributed by atoms with Gasteiger partial charge >= 0.3 is 0 Å². The van der Waals surface area contributed by atoms with Crippen LogP contribution in [0.4, 0.5) is 0 Å². The van der Waals surface area contributed by atoms with Crippen LogP contribution in [0, 0.1) is 0 Å².